The topological polar surface area (TPSA) is 35.0 Å². The Hall–Kier alpha value is -1.61. The molecule has 0 aliphatic heterocycles. The molecule has 0 bridgehead atoms. The highest BCUT2D eigenvalue weighted by Crippen LogP contribution is 2.19. The minimum Gasteiger partial charge on any atom is -0.473 e. The number of ether oxygens (including phenoxy) is 1. The Morgan fingerprint density at radius 2 is 1.89 bits per heavy atom. The van der Waals surface area contributed by atoms with Crippen molar-refractivity contribution < 1.29 is 4.74 Å². The number of aromatic nitrogens is 2. The van der Waals surface area contributed by atoms with Gasteiger partial charge >= 0.3 is 0 Å². The predicted molar refractivity (Wildman–Crippen MR) is 71.9 cm³/mol. The minimum absolute atomic E-state index is 0.225. The van der Waals surface area contributed by atoms with Gasteiger partial charge in [-0.25, -0.2) is 4.98 Å². The Bertz CT molecular complexity index is 514. The lowest BCUT2D eigenvalue weighted by Crippen LogP contribution is -2.02. The Morgan fingerprint density at radius 3 is 2.56 bits per heavy atom. The number of rotatable bonds is 4. The monoisotopic (exact) mass is 262 g/mol. The summed E-state index contributed by atoms with van der Waals surface area (Å²) in [5.41, 5.74) is 1.10. The second-order valence-electron chi connectivity index (χ2n) is 4.32. The third kappa shape index (κ3) is 3.44. The van der Waals surface area contributed by atoms with Crippen molar-refractivity contribution in [2.45, 2.75) is 26.4 Å². The van der Waals surface area contributed by atoms with Crippen molar-refractivity contribution in [3.8, 4) is 5.88 Å². The van der Waals surface area contributed by atoms with Crippen molar-refractivity contribution in [1.82, 2.24) is 9.97 Å². The van der Waals surface area contributed by atoms with Gasteiger partial charge in [-0.05, 0) is 5.56 Å². The van der Waals surface area contributed by atoms with E-state index in [2.05, 4.69) is 9.97 Å². The van der Waals surface area contributed by atoms with Gasteiger partial charge in [-0.15, -0.1) is 0 Å². The van der Waals surface area contributed by atoms with Crippen molar-refractivity contribution >= 4 is 11.6 Å². The largest absolute Gasteiger partial charge is 0.473 e. The molecule has 0 saturated heterocycles. The van der Waals surface area contributed by atoms with Crippen LogP contribution in [0.15, 0.2) is 36.4 Å². The van der Waals surface area contributed by atoms with Crippen LogP contribution in [0, 0.1) is 0 Å². The minimum atomic E-state index is 0.225. The summed E-state index contributed by atoms with van der Waals surface area (Å²) < 4.78 is 5.63. The molecule has 3 nitrogen and oxygen atoms in total. The van der Waals surface area contributed by atoms with Gasteiger partial charge in [0.2, 0.25) is 5.88 Å². The molecule has 0 aliphatic carbocycles. The lowest BCUT2D eigenvalue weighted by molar-refractivity contribution is 0.291. The summed E-state index contributed by atoms with van der Waals surface area (Å²) in [7, 11) is 0. The van der Waals surface area contributed by atoms with Crippen LogP contribution < -0.4 is 4.74 Å². The maximum Gasteiger partial charge on any atom is 0.218 e. The van der Waals surface area contributed by atoms with Gasteiger partial charge in [-0.2, -0.15) is 4.98 Å². The summed E-state index contributed by atoms with van der Waals surface area (Å²) in [6, 6.07) is 11.6. The van der Waals surface area contributed by atoms with Gasteiger partial charge in [0, 0.05) is 12.0 Å². The third-order valence-electron chi connectivity index (χ3n) is 2.43. The van der Waals surface area contributed by atoms with E-state index in [-0.39, 0.29) is 5.92 Å². The molecule has 0 aliphatic rings. The molecule has 0 spiro atoms. The molecule has 0 saturated carbocycles. The molecule has 0 radical (unpaired) electrons. The maximum atomic E-state index is 5.94. The van der Waals surface area contributed by atoms with E-state index in [1.54, 1.807) is 6.07 Å². The van der Waals surface area contributed by atoms with E-state index in [1.165, 1.54) is 0 Å². The maximum absolute atomic E-state index is 5.94. The highest BCUT2D eigenvalue weighted by atomic mass is 35.5. The van der Waals surface area contributed by atoms with E-state index in [9.17, 15) is 0 Å². The van der Waals surface area contributed by atoms with Gasteiger partial charge in [-0.1, -0.05) is 55.8 Å². The van der Waals surface area contributed by atoms with Crippen LogP contribution in [0.1, 0.15) is 31.2 Å². The molecule has 18 heavy (non-hydrogen) atoms. The summed E-state index contributed by atoms with van der Waals surface area (Å²) in [6.45, 7) is 4.52. The SMILES string of the molecule is CC(C)c1nc(Cl)cc(OCc2ccccc2)n1. The third-order valence-corrected chi connectivity index (χ3v) is 2.63. The summed E-state index contributed by atoms with van der Waals surface area (Å²) >= 11 is 5.94. The van der Waals surface area contributed by atoms with Crippen LogP contribution in [0.3, 0.4) is 0 Å². The Kier molecular flexibility index (Phi) is 4.15. The molecule has 4 heteroatoms. The van der Waals surface area contributed by atoms with Crippen LogP contribution >= 0.6 is 11.6 Å². The number of hydrogen-bond donors (Lipinski definition) is 0. The van der Waals surface area contributed by atoms with Gasteiger partial charge in [0.05, 0.1) is 0 Å². The van der Waals surface area contributed by atoms with Gasteiger partial charge in [0.1, 0.15) is 17.6 Å². The van der Waals surface area contributed by atoms with Crippen molar-refractivity contribution in [3.63, 3.8) is 0 Å². The van der Waals surface area contributed by atoms with Gasteiger partial charge in [0.15, 0.2) is 0 Å². The van der Waals surface area contributed by atoms with Crippen LogP contribution in [-0.4, -0.2) is 9.97 Å². The van der Waals surface area contributed by atoms with Crippen LogP contribution in [0.4, 0.5) is 0 Å². The van der Waals surface area contributed by atoms with Crippen molar-refractivity contribution in [3.05, 3.63) is 52.9 Å². The van der Waals surface area contributed by atoms with Crippen LogP contribution in [0.25, 0.3) is 0 Å². The summed E-state index contributed by atoms with van der Waals surface area (Å²) in [5, 5.41) is 0.414. The number of hydrogen-bond acceptors (Lipinski definition) is 3. The van der Waals surface area contributed by atoms with Crippen LogP contribution in [0.5, 0.6) is 5.88 Å². The molecular formula is C14H15ClN2O. The van der Waals surface area contributed by atoms with E-state index in [1.807, 2.05) is 44.2 Å². The average molecular weight is 263 g/mol. The number of benzene rings is 1. The normalized spacial score (nSPS) is 10.7. The molecule has 0 atom stereocenters. The smallest absolute Gasteiger partial charge is 0.218 e. The molecule has 1 heterocycles. The fourth-order valence-corrected chi connectivity index (χ4v) is 1.66. The number of halogens is 1. The molecule has 0 amide bonds. The second-order valence-corrected chi connectivity index (χ2v) is 4.70. The molecule has 1 aromatic carbocycles. The van der Waals surface area contributed by atoms with E-state index in [0.717, 1.165) is 5.56 Å². The Balaban J connectivity index is 2.10. The summed E-state index contributed by atoms with van der Waals surface area (Å²) in [6.07, 6.45) is 0. The zero-order valence-corrected chi connectivity index (χ0v) is 11.2. The fourth-order valence-electron chi connectivity index (χ4n) is 1.48. The van der Waals surface area contributed by atoms with E-state index in [4.69, 9.17) is 16.3 Å². The quantitative estimate of drug-likeness (QED) is 0.786. The molecule has 2 aromatic rings. The van der Waals surface area contributed by atoms with Crippen molar-refractivity contribution in [2.75, 3.05) is 0 Å². The highest BCUT2D eigenvalue weighted by Gasteiger charge is 2.07. The molecule has 1 aromatic heterocycles. The van der Waals surface area contributed by atoms with Crippen molar-refractivity contribution in [1.29, 1.82) is 0 Å². The molecule has 0 fully saturated rings. The Morgan fingerprint density at radius 1 is 1.17 bits per heavy atom. The van der Waals surface area contributed by atoms with Gasteiger partial charge in [0.25, 0.3) is 0 Å². The lowest BCUT2D eigenvalue weighted by Gasteiger charge is -2.09. The Labute approximate surface area is 112 Å². The van der Waals surface area contributed by atoms with Crippen LogP contribution in [-0.2, 0) is 6.61 Å². The first-order chi connectivity index (χ1) is 8.65. The predicted octanol–water partition coefficient (Wildman–Crippen LogP) is 3.83. The average Bonchev–Trinajstić information content (AvgIpc) is 2.37. The molecule has 0 N–H and O–H groups in total. The first-order valence-electron chi connectivity index (χ1n) is 5.86. The zero-order chi connectivity index (χ0) is 13.0. The number of nitrogens with zero attached hydrogens (tertiary/aromatic N) is 2. The molecule has 94 valence electrons. The van der Waals surface area contributed by atoms with E-state index >= 15 is 0 Å². The fraction of sp³-hybridized carbons (Fsp3) is 0.286. The lowest BCUT2D eigenvalue weighted by atomic mass is 10.2. The first kappa shape index (κ1) is 12.8. The van der Waals surface area contributed by atoms with Crippen molar-refractivity contribution in [2.24, 2.45) is 0 Å². The molecule has 0 unspecified atom stereocenters. The van der Waals surface area contributed by atoms with Crippen LogP contribution in [0.2, 0.25) is 5.15 Å². The highest BCUT2D eigenvalue weighted by molar-refractivity contribution is 6.29. The molecular weight excluding hydrogens is 248 g/mol. The zero-order valence-electron chi connectivity index (χ0n) is 10.4. The van der Waals surface area contributed by atoms with E-state index < -0.39 is 0 Å². The van der Waals surface area contributed by atoms with Gasteiger partial charge < -0.3 is 4.74 Å². The van der Waals surface area contributed by atoms with Gasteiger partial charge in [-0.3, -0.25) is 0 Å². The first-order valence-corrected chi connectivity index (χ1v) is 6.24. The second kappa shape index (κ2) is 5.83. The standard InChI is InChI=1S/C14H15ClN2O/c1-10(2)14-16-12(15)8-13(17-14)18-9-11-6-4-3-5-7-11/h3-8,10H,9H2,1-2H3. The molecule has 2 rings (SSSR count). The summed E-state index contributed by atoms with van der Waals surface area (Å²) in [5.74, 6) is 1.44. The summed E-state index contributed by atoms with van der Waals surface area (Å²) in [4.78, 5) is 8.49. The van der Waals surface area contributed by atoms with E-state index in [0.29, 0.717) is 23.5 Å².